The lowest BCUT2D eigenvalue weighted by atomic mass is 10.1. The van der Waals surface area contributed by atoms with Crippen molar-refractivity contribution < 1.29 is 14.3 Å². The first-order chi connectivity index (χ1) is 17.9. The van der Waals surface area contributed by atoms with Crippen LogP contribution in [0.1, 0.15) is 48.1 Å². The minimum Gasteiger partial charge on any atom is -0.469 e. The van der Waals surface area contributed by atoms with Crippen molar-refractivity contribution in [1.29, 1.82) is 5.26 Å². The van der Waals surface area contributed by atoms with Crippen molar-refractivity contribution >= 4 is 11.9 Å². The fraction of sp³-hybridized carbons (Fsp3) is 0.462. The van der Waals surface area contributed by atoms with E-state index in [-0.39, 0.29) is 12.0 Å². The number of hydrogen-bond acceptors (Lipinski definition) is 10. The quantitative estimate of drug-likeness (QED) is 0.410. The van der Waals surface area contributed by atoms with Crippen LogP contribution in [-0.4, -0.2) is 62.1 Å². The third-order valence-corrected chi connectivity index (χ3v) is 6.31. The molecule has 11 heteroatoms. The number of benzene rings is 1. The van der Waals surface area contributed by atoms with Crippen LogP contribution in [0.3, 0.4) is 0 Å². The molecule has 0 spiro atoms. The van der Waals surface area contributed by atoms with Gasteiger partial charge >= 0.3 is 5.97 Å². The number of aryl methyl sites for hydroxylation is 3. The van der Waals surface area contributed by atoms with Crippen molar-refractivity contribution in [3.63, 3.8) is 0 Å². The average molecular weight is 505 g/mol. The summed E-state index contributed by atoms with van der Waals surface area (Å²) in [6.45, 7) is 7.07. The summed E-state index contributed by atoms with van der Waals surface area (Å²) in [5.74, 6) is 1.49. The van der Waals surface area contributed by atoms with Gasteiger partial charge in [0.15, 0.2) is 0 Å². The highest BCUT2D eigenvalue weighted by Crippen LogP contribution is 2.29. The molecule has 194 valence electrons. The van der Waals surface area contributed by atoms with Crippen LogP contribution in [0.15, 0.2) is 30.6 Å². The first-order valence-corrected chi connectivity index (χ1v) is 12.4. The number of nitrogens with zero attached hydrogens (tertiary/aromatic N) is 7. The Morgan fingerprint density at radius 3 is 2.70 bits per heavy atom. The number of nitriles is 1. The number of piperidine rings is 1. The van der Waals surface area contributed by atoms with Gasteiger partial charge in [0.05, 0.1) is 24.4 Å². The molecule has 1 fully saturated rings. The maximum absolute atomic E-state index is 11.2. The molecule has 0 amide bonds. The molecular weight excluding hydrogens is 472 g/mol. The Labute approximate surface area is 216 Å². The number of rotatable bonds is 10. The topological polar surface area (TPSA) is 131 Å². The molecule has 1 aliphatic heterocycles. The summed E-state index contributed by atoms with van der Waals surface area (Å²) in [7, 11) is 1.40. The van der Waals surface area contributed by atoms with E-state index in [1.165, 1.54) is 7.11 Å². The standard InChI is InChI=1S/C26H32N8O3/c1-18-13-20(15-27)14-19(2)25(18)37-23-6-9-28-26(30-23)29-21-7-11-33(12-8-21)16-22-17-34(32-31-22)10-4-5-24(35)36-3/h6,9,13-14,17,21H,4-5,7-8,10-12,16H2,1-3H3,(H,28,29,30). The summed E-state index contributed by atoms with van der Waals surface area (Å²) in [6, 6.07) is 7.78. The smallest absolute Gasteiger partial charge is 0.305 e. The molecule has 1 saturated heterocycles. The molecule has 0 atom stereocenters. The number of carbonyl (C=O) groups is 1. The molecular formula is C26H32N8O3. The van der Waals surface area contributed by atoms with E-state index in [1.807, 2.05) is 32.2 Å². The number of esters is 1. The lowest BCUT2D eigenvalue weighted by Crippen LogP contribution is -2.39. The SMILES string of the molecule is COC(=O)CCCn1cc(CN2CCC(Nc3nccc(Oc4c(C)cc(C#N)cc4C)n3)CC2)nn1. The molecule has 3 aromatic rings. The second-order valence-electron chi connectivity index (χ2n) is 9.22. The Morgan fingerprint density at radius 1 is 1.24 bits per heavy atom. The van der Waals surface area contributed by atoms with Crippen molar-refractivity contribution in [2.75, 3.05) is 25.5 Å². The van der Waals surface area contributed by atoms with Gasteiger partial charge in [-0.25, -0.2) is 4.98 Å². The van der Waals surface area contributed by atoms with E-state index in [0.717, 1.165) is 49.3 Å². The zero-order valence-electron chi connectivity index (χ0n) is 21.5. The first kappa shape index (κ1) is 26.0. The fourth-order valence-corrected chi connectivity index (χ4v) is 4.40. The Balaban J connectivity index is 1.25. The summed E-state index contributed by atoms with van der Waals surface area (Å²) in [5.41, 5.74) is 3.31. The number of methoxy groups -OCH3 is 1. The summed E-state index contributed by atoms with van der Waals surface area (Å²) in [4.78, 5) is 22.5. The van der Waals surface area contributed by atoms with Gasteiger partial charge in [-0.3, -0.25) is 14.4 Å². The Hall–Kier alpha value is -4.04. The number of likely N-dealkylation sites (tertiary alicyclic amines) is 1. The van der Waals surface area contributed by atoms with E-state index in [2.05, 4.69) is 41.3 Å². The minimum absolute atomic E-state index is 0.210. The molecule has 0 aliphatic carbocycles. The predicted octanol–water partition coefficient (Wildman–Crippen LogP) is 3.38. The molecule has 1 N–H and O–H groups in total. The van der Waals surface area contributed by atoms with Crippen molar-refractivity contribution in [2.45, 2.75) is 58.7 Å². The van der Waals surface area contributed by atoms with Gasteiger partial charge in [0.2, 0.25) is 11.8 Å². The Morgan fingerprint density at radius 2 is 2.00 bits per heavy atom. The van der Waals surface area contributed by atoms with Crippen LogP contribution in [0, 0.1) is 25.2 Å². The van der Waals surface area contributed by atoms with Crippen LogP contribution < -0.4 is 10.1 Å². The lowest BCUT2D eigenvalue weighted by molar-refractivity contribution is -0.140. The van der Waals surface area contributed by atoms with Gasteiger partial charge in [0.1, 0.15) is 5.75 Å². The molecule has 2 aromatic heterocycles. The Kier molecular flexibility index (Phi) is 8.64. The molecule has 11 nitrogen and oxygen atoms in total. The van der Waals surface area contributed by atoms with Gasteiger partial charge in [-0.2, -0.15) is 10.2 Å². The normalized spacial score (nSPS) is 14.2. The number of carbonyl (C=O) groups excluding carboxylic acids is 1. The van der Waals surface area contributed by atoms with Gasteiger partial charge in [-0.1, -0.05) is 5.21 Å². The van der Waals surface area contributed by atoms with Crippen molar-refractivity contribution in [3.8, 4) is 17.7 Å². The summed E-state index contributed by atoms with van der Waals surface area (Å²) >= 11 is 0. The van der Waals surface area contributed by atoms with Crippen molar-refractivity contribution in [1.82, 2.24) is 29.9 Å². The van der Waals surface area contributed by atoms with Crippen molar-refractivity contribution in [3.05, 3.63) is 53.0 Å². The van der Waals surface area contributed by atoms with E-state index >= 15 is 0 Å². The Bertz CT molecular complexity index is 1240. The predicted molar refractivity (Wildman–Crippen MR) is 136 cm³/mol. The van der Waals surface area contributed by atoms with E-state index in [9.17, 15) is 4.79 Å². The molecule has 0 saturated carbocycles. The zero-order valence-corrected chi connectivity index (χ0v) is 21.5. The molecule has 1 aliphatic rings. The van der Waals surface area contributed by atoms with Crippen LogP contribution in [0.4, 0.5) is 5.95 Å². The van der Waals surface area contributed by atoms with Crippen molar-refractivity contribution in [2.24, 2.45) is 0 Å². The molecule has 0 radical (unpaired) electrons. The molecule has 0 bridgehead atoms. The number of aromatic nitrogens is 5. The highest BCUT2D eigenvalue weighted by molar-refractivity contribution is 5.68. The van der Waals surface area contributed by atoms with Crippen LogP contribution in [0.25, 0.3) is 0 Å². The van der Waals surface area contributed by atoms with E-state index in [0.29, 0.717) is 42.5 Å². The van der Waals surface area contributed by atoms with E-state index < -0.39 is 0 Å². The molecule has 0 unspecified atom stereocenters. The first-order valence-electron chi connectivity index (χ1n) is 12.4. The van der Waals surface area contributed by atoms with E-state index in [1.54, 1.807) is 16.9 Å². The van der Waals surface area contributed by atoms with Crippen LogP contribution in [-0.2, 0) is 22.6 Å². The maximum atomic E-state index is 11.2. The van der Waals surface area contributed by atoms with Crippen LogP contribution >= 0.6 is 0 Å². The van der Waals surface area contributed by atoms with Gasteiger partial charge in [0.25, 0.3) is 0 Å². The number of anilines is 1. The van der Waals surface area contributed by atoms with Gasteiger partial charge in [-0.05, 0) is 56.4 Å². The van der Waals surface area contributed by atoms with Gasteiger partial charge in [-0.15, -0.1) is 5.10 Å². The third kappa shape index (κ3) is 7.24. The zero-order chi connectivity index (χ0) is 26.2. The minimum atomic E-state index is -0.210. The highest BCUT2D eigenvalue weighted by Gasteiger charge is 2.21. The van der Waals surface area contributed by atoms with Crippen LogP contribution in [0.2, 0.25) is 0 Å². The molecule has 37 heavy (non-hydrogen) atoms. The largest absolute Gasteiger partial charge is 0.469 e. The lowest BCUT2D eigenvalue weighted by Gasteiger charge is -2.31. The average Bonchev–Trinajstić information content (AvgIpc) is 3.34. The highest BCUT2D eigenvalue weighted by atomic mass is 16.5. The van der Waals surface area contributed by atoms with Gasteiger partial charge < -0.3 is 14.8 Å². The second kappa shape index (κ2) is 12.3. The number of hydrogen-bond donors (Lipinski definition) is 1. The molecule has 4 rings (SSSR count). The monoisotopic (exact) mass is 504 g/mol. The van der Waals surface area contributed by atoms with E-state index in [4.69, 9.17) is 10.00 Å². The number of ether oxygens (including phenoxy) is 2. The second-order valence-corrected chi connectivity index (χ2v) is 9.22. The summed E-state index contributed by atoms with van der Waals surface area (Å²) < 4.78 is 12.5. The fourth-order valence-electron chi connectivity index (χ4n) is 4.40. The third-order valence-electron chi connectivity index (χ3n) is 6.31. The summed E-state index contributed by atoms with van der Waals surface area (Å²) in [6.07, 6.45) is 6.58. The van der Waals surface area contributed by atoms with Gasteiger partial charge in [0, 0.05) is 57.1 Å². The molecule has 1 aromatic carbocycles. The molecule has 3 heterocycles. The summed E-state index contributed by atoms with van der Waals surface area (Å²) in [5, 5.41) is 21.0. The van der Waals surface area contributed by atoms with Crippen LogP contribution in [0.5, 0.6) is 11.6 Å². The number of nitrogens with one attached hydrogen (secondary N) is 1. The maximum Gasteiger partial charge on any atom is 0.305 e.